The van der Waals surface area contributed by atoms with Gasteiger partial charge in [-0.25, -0.2) is 0 Å². The average Bonchev–Trinajstić information content (AvgIpc) is 1.39. The molecule has 0 atom stereocenters. The summed E-state index contributed by atoms with van der Waals surface area (Å²) < 4.78 is 16.5. The first-order chi connectivity index (χ1) is 2.83. The molecule has 0 fully saturated rings. The number of hydrogen-bond acceptors (Lipinski definition) is 4. The Labute approximate surface area is 72.6 Å². The van der Waals surface area contributed by atoms with Crippen molar-refractivity contribution in [1.29, 1.82) is 0 Å². The van der Waals surface area contributed by atoms with Crippen molar-refractivity contribution >= 4 is 42.0 Å². The zero-order chi connectivity index (χ0) is 5.41. The van der Waals surface area contributed by atoms with Gasteiger partial charge in [0.15, 0.2) is 0 Å². The monoisotopic (exact) mass is 330 g/mol. The molecule has 0 amide bonds. The third kappa shape index (κ3) is 10500. The summed E-state index contributed by atoms with van der Waals surface area (Å²) in [7, 11) is -1.00. The van der Waals surface area contributed by atoms with E-state index in [1.165, 1.54) is 0 Å². The van der Waals surface area contributed by atoms with Gasteiger partial charge < -0.3 is 11.0 Å². The number of rotatable bonds is 0. The van der Waals surface area contributed by atoms with Crippen LogP contribution in [0.4, 0.5) is 0 Å². The number of hydrogen-bond donors (Lipinski definition) is 0. The molecule has 9 heteroatoms. The zero-order valence-corrected chi connectivity index (χ0v) is 8.18. The maximum atomic E-state index is 8.25. The van der Waals surface area contributed by atoms with Gasteiger partial charge in [-0.2, -0.15) is 0 Å². The molecule has 0 saturated carbocycles. The fourth-order valence-electron chi connectivity index (χ4n) is 0. The average molecular weight is 329 g/mol. The summed E-state index contributed by atoms with van der Waals surface area (Å²) in [6.45, 7) is 0. The van der Waals surface area contributed by atoms with Crippen molar-refractivity contribution in [2.24, 2.45) is 0 Å². The molecule has 0 aliphatic rings. The normalized spacial score (nSPS) is 1.78. The van der Waals surface area contributed by atoms with Gasteiger partial charge in [0.05, 0.1) is 0 Å². The van der Waals surface area contributed by atoms with Crippen molar-refractivity contribution < 1.29 is 30.4 Å². The molecule has 0 bridgehead atoms. The van der Waals surface area contributed by atoms with Crippen molar-refractivity contribution in [3.05, 3.63) is 0 Å². The molecule has 0 aliphatic carbocycles. The molecule has 0 rings (SSSR count). The van der Waals surface area contributed by atoms with Crippen molar-refractivity contribution in [2.75, 3.05) is 0 Å². The van der Waals surface area contributed by atoms with E-state index in [4.69, 9.17) is 19.5 Å². The van der Waals surface area contributed by atoms with Gasteiger partial charge in [-0.05, 0) is 0 Å². The van der Waals surface area contributed by atoms with E-state index in [0.29, 0.717) is 0 Å². The minimum absolute atomic E-state index is 0. The summed E-state index contributed by atoms with van der Waals surface area (Å²) in [6.07, 6.45) is 0. The first-order valence-corrected chi connectivity index (χ1v) is 0.943. The Kier molecular flexibility index (Phi) is 348. The molecular weight excluding hydrogens is 325 g/mol. The second-order valence-electron chi connectivity index (χ2n) is 0.192. The predicted molar refractivity (Wildman–Crippen MR) is 25.9 cm³/mol. The van der Waals surface area contributed by atoms with E-state index >= 15 is 0 Å². The van der Waals surface area contributed by atoms with E-state index in [2.05, 4.69) is 0 Å². The second-order valence-corrected chi connectivity index (χ2v) is 0.192. The van der Waals surface area contributed by atoms with Gasteiger partial charge in [-0.3, -0.25) is 0 Å². The van der Waals surface area contributed by atoms with Crippen LogP contribution in [-0.4, -0.2) is 53.0 Å². The Balaban J connectivity index is -0.00000000889. The van der Waals surface area contributed by atoms with Crippen LogP contribution < -0.4 is 10.0 Å². The molecule has 0 aromatic heterocycles. The van der Waals surface area contributed by atoms with Crippen LogP contribution in [0.3, 0.4) is 0 Å². The van der Waals surface area contributed by atoms with Gasteiger partial charge >= 0.3 is 61.5 Å². The molecule has 50 valence electrons. The molecule has 4 N–H and O–H groups in total. The van der Waals surface area contributed by atoms with Crippen LogP contribution in [0, 0.1) is 0 Å². The minimum atomic E-state index is -0.500. The van der Waals surface area contributed by atoms with E-state index in [1.807, 2.05) is 0 Å². The molecule has 9 heavy (non-hydrogen) atoms. The fraction of sp³-hybridized carbons (Fsp3) is 0. The topological polar surface area (TPSA) is 143 Å². The second kappa shape index (κ2) is 89.1. The van der Waals surface area contributed by atoms with Gasteiger partial charge in [-0.15, -0.1) is 0 Å². The van der Waals surface area contributed by atoms with Crippen molar-refractivity contribution in [2.45, 2.75) is 0 Å². The van der Waals surface area contributed by atoms with Gasteiger partial charge in [0, 0.05) is 0 Å². The summed E-state index contributed by atoms with van der Waals surface area (Å²) in [4.78, 5) is 0. The van der Waals surface area contributed by atoms with E-state index in [0.717, 1.165) is 0 Å². The quantitative estimate of drug-likeness (QED) is 0.409. The standard InChI is InChI=1S/2BO2.2H2O.Pb/c2*2-1-3;;;/h;;2*1H2;/q2*-1;;;+2. The fourth-order valence-corrected chi connectivity index (χ4v) is 0. The Bertz CT molecular complexity index is 32.0. The third-order valence-corrected chi connectivity index (χ3v) is 0. The maximum Gasteiger partial charge on any atom is 2.00 e. The summed E-state index contributed by atoms with van der Waals surface area (Å²) in [5.74, 6) is 0. The van der Waals surface area contributed by atoms with Crippen molar-refractivity contribution in [3.8, 4) is 0 Å². The van der Waals surface area contributed by atoms with Crippen LogP contribution in [-0.2, 0) is 9.41 Å². The molecule has 2 radical (unpaired) electrons. The molecule has 0 saturated heterocycles. The summed E-state index contributed by atoms with van der Waals surface area (Å²) in [6, 6.07) is 0. The summed E-state index contributed by atoms with van der Waals surface area (Å²) in [5, 5.41) is 16.5. The molecule has 0 heterocycles. The SMILES string of the molecule is O.O.O=B[O-].O=B[O-].[Pb+2]. The third-order valence-electron chi connectivity index (χ3n) is 0. The molecule has 0 spiro atoms. The maximum absolute atomic E-state index is 8.25. The predicted octanol–water partition coefficient (Wildman–Crippen LogP) is -5.41. The zero-order valence-electron chi connectivity index (χ0n) is 4.29. The summed E-state index contributed by atoms with van der Waals surface area (Å²) in [5.41, 5.74) is 0. The van der Waals surface area contributed by atoms with Crippen LogP contribution in [0.15, 0.2) is 0 Å². The Morgan fingerprint density at radius 2 is 0.889 bits per heavy atom. The van der Waals surface area contributed by atoms with Crippen molar-refractivity contribution in [1.82, 2.24) is 0 Å². The van der Waals surface area contributed by atoms with Gasteiger partial charge in [0.25, 0.3) is 0 Å². The smallest absolute Gasteiger partial charge is 2.00 e. The van der Waals surface area contributed by atoms with E-state index in [1.54, 1.807) is 0 Å². The van der Waals surface area contributed by atoms with Gasteiger partial charge in [0.2, 0.25) is 0 Å². The van der Waals surface area contributed by atoms with Crippen LogP contribution in [0.25, 0.3) is 0 Å². The van der Waals surface area contributed by atoms with Crippen LogP contribution >= 0.6 is 0 Å². The minimum Gasteiger partial charge on any atom is 2.00 e. The molecule has 0 unspecified atom stereocenters. The summed E-state index contributed by atoms with van der Waals surface area (Å²) >= 11 is 0. The van der Waals surface area contributed by atoms with E-state index < -0.39 is 14.7 Å². The van der Waals surface area contributed by atoms with E-state index in [-0.39, 0.29) is 38.3 Å². The first kappa shape index (κ1) is 35.2. The Morgan fingerprint density at radius 3 is 0.889 bits per heavy atom. The largest absolute Gasteiger partial charge is 2.00 e. The molecule has 0 aromatic carbocycles. The van der Waals surface area contributed by atoms with Crippen molar-refractivity contribution in [3.63, 3.8) is 0 Å². The van der Waals surface area contributed by atoms with Gasteiger partial charge in [0.1, 0.15) is 0 Å². The van der Waals surface area contributed by atoms with Crippen LogP contribution in [0.2, 0.25) is 0 Å². The molecule has 6 nitrogen and oxygen atoms in total. The first-order valence-electron chi connectivity index (χ1n) is 0.943. The molecule has 0 aromatic rings. The molecular formula is H4B2O6Pb. The van der Waals surface area contributed by atoms with Gasteiger partial charge in [-0.1, -0.05) is 0 Å². The van der Waals surface area contributed by atoms with Crippen LogP contribution in [0.1, 0.15) is 0 Å². The van der Waals surface area contributed by atoms with E-state index in [9.17, 15) is 0 Å². The Morgan fingerprint density at radius 1 is 0.889 bits per heavy atom. The van der Waals surface area contributed by atoms with Crippen LogP contribution in [0.5, 0.6) is 0 Å². The Hall–Kier alpha value is 0.172. The molecule has 0 aliphatic heterocycles.